The van der Waals surface area contributed by atoms with Crippen LogP contribution in [-0.2, 0) is 7.05 Å². The number of amides is 1. The van der Waals surface area contributed by atoms with Crippen molar-refractivity contribution >= 4 is 23.2 Å². The van der Waals surface area contributed by atoms with Gasteiger partial charge in [-0.3, -0.25) is 26.1 Å². The lowest BCUT2D eigenvalue weighted by atomic mass is 10.1. The molecule has 0 fully saturated rings. The van der Waals surface area contributed by atoms with Gasteiger partial charge in [-0.1, -0.05) is 5.10 Å². The fraction of sp³-hybridized carbons (Fsp3) is 0.111. The first-order valence-electron chi connectivity index (χ1n) is 5.31. The van der Waals surface area contributed by atoms with Gasteiger partial charge in [-0.2, -0.15) is 4.80 Å². The van der Waals surface area contributed by atoms with E-state index in [1.54, 1.807) is 7.05 Å². The summed E-state index contributed by atoms with van der Waals surface area (Å²) in [6.45, 7) is 0. The minimum Gasteiger partial charge on any atom is -0.318 e. The van der Waals surface area contributed by atoms with Gasteiger partial charge in [-0.25, -0.2) is 0 Å². The molecule has 0 aliphatic heterocycles. The largest absolute Gasteiger partial charge is 0.318 e. The molecule has 11 heteroatoms. The lowest BCUT2D eigenvalue weighted by Gasteiger charge is -2.05. The zero-order valence-electron chi connectivity index (χ0n) is 10.3. The van der Waals surface area contributed by atoms with Crippen molar-refractivity contribution in [3.8, 4) is 0 Å². The third-order valence-corrected chi connectivity index (χ3v) is 2.34. The smallest absolute Gasteiger partial charge is 0.293 e. The molecule has 1 aromatic heterocycles. The number of rotatable bonds is 4. The molecule has 20 heavy (non-hydrogen) atoms. The number of anilines is 2. The van der Waals surface area contributed by atoms with E-state index in [9.17, 15) is 14.9 Å². The molecule has 0 bridgehead atoms. The van der Waals surface area contributed by atoms with Crippen molar-refractivity contribution in [2.45, 2.75) is 0 Å². The van der Waals surface area contributed by atoms with E-state index in [-0.39, 0.29) is 22.9 Å². The maximum Gasteiger partial charge on any atom is 0.293 e. The zero-order chi connectivity index (χ0) is 14.7. The van der Waals surface area contributed by atoms with Crippen molar-refractivity contribution in [3.63, 3.8) is 0 Å². The number of carbonyl (C=O) groups excluding carboxylic acids is 1. The Bertz CT molecular complexity index is 667. The maximum atomic E-state index is 11.9. The normalized spacial score (nSPS) is 10.1. The Hall–Kier alpha value is -3.08. The van der Waals surface area contributed by atoms with E-state index in [1.165, 1.54) is 23.0 Å². The van der Waals surface area contributed by atoms with Gasteiger partial charge in [0.15, 0.2) is 0 Å². The summed E-state index contributed by atoms with van der Waals surface area (Å²) in [7, 11) is 1.55. The zero-order valence-corrected chi connectivity index (χ0v) is 10.3. The first-order chi connectivity index (χ1) is 9.51. The Kier molecular flexibility index (Phi) is 3.52. The molecule has 4 N–H and O–H groups in total. The predicted molar refractivity (Wildman–Crippen MR) is 67.7 cm³/mol. The molecule has 11 nitrogen and oxygen atoms in total. The van der Waals surface area contributed by atoms with Gasteiger partial charge < -0.3 is 5.43 Å². The molecule has 2 rings (SSSR count). The second kappa shape index (κ2) is 5.27. The standard InChI is InChI=1S/C9H10N8O3/c1-16-14-9(13-15-16)11-8(18)5-2-3-7(17(19)20)6(4-5)12-10/h2-4,12H,10H2,1H3,(H,11,14,18). The average molecular weight is 278 g/mol. The predicted octanol–water partition coefficient (Wildman–Crippen LogP) is -0.344. The van der Waals surface area contributed by atoms with Gasteiger partial charge in [0.05, 0.1) is 12.0 Å². The molecule has 0 saturated carbocycles. The highest BCUT2D eigenvalue weighted by molar-refractivity contribution is 6.04. The highest BCUT2D eigenvalue weighted by Crippen LogP contribution is 2.24. The van der Waals surface area contributed by atoms with Crippen LogP contribution in [0.4, 0.5) is 17.3 Å². The van der Waals surface area contributed by atoms with Crippen LogP contribution in [0.5, 0.6) is 0 Å². The SMILES string of the molecule is Cn1nnc(NC(=O)c2ccc([N+](=O)[O-])c(NN)c2)n1. The van der Waals surface area contributed by atoms with Crippen LogP contribution in [0.2, 0.25) is 0 Å². The second-order valence-electron chi connectivity index (χ2n) is 3.69. The quantitative estimate of drug-likeness (QED) is 0.389. The molecule has 0 radical (unpaired) electrons. The van der Waals surface area contributed by atoms with Crippen LogP contribution in [0, 0.1) is 10.1 Å². The molecule has 104 valence electrons. The Morgan fingerprint density at radius 2 is 2.25 bits per heavy atom. The molecule has 1 aromatic carbocycles. The lowest BCUT2D eigenvalue weighted by Crippen LogP contribution is -2.15. The van der Waals surface area contributed by atoms with Crippen LogP contribution in [0.1, 0.15) is 10.4 Å². The Labute approximate surface area is 111 Å². The van der Waals surface area contributed by atoms with E-state index >= 15 is 0 Å². The van der Waals surface area contributed by atoms with Gasteiger partial charge in [0.2, 0.25) is 0 Å². The third-order valence-electron chi connectivity index (χ3n) is 2.34. The van der Waals surface area contributed by atoms with Crippen molar-refractivity contribution in [2.75, 3.05) is 10.7 Å². The lowest BCUT2D eigenvalue weighted by molar-refractivity contribution is -0.384. The second-order valence-corrected chi connectivity index (χ2v) is 3.69. The van der Waals surface area contributed by atoms with E-state index in [2.05, 4.69) is 26.2 Å². The van der Waals surface area contributed by atoms with Gasteiger partial charge in [0, 0.05) is 11.6 Å². The molecule has 0 unspecified atom stereocenters. The number of carbonyl (C=O) groups is 1. The highest BCUT2D eigenvalue weighted by atomic mass is 16.6. The fourth-order valence-electron chi connectivity index (χ4n) is 1.46. The molecule has 0 aliphatic rings. The summed E-state index contributed by atoms with van der Waals surface area (Å²) in [5.41, 5.74) is 2.12. The molecule has 0 aliphatic carbocycles. The molecule has 0 saturated heterocycles. The topological polar surface area (TPSA) is 154 Å². The Balaban J connectivity index is 2.24. The monoisotopic (exact) mass is 278 g/mol. The number of nitrogens with zero attached hydrogens (tertiary/aromatic N) is 5. The molecule has 0 atom stereocenters. The highest BCUT2D eigenvalue weighted by Gasteiger charge is 2.17. The van der Waals surface area contributed by atoms with Crippen LogP contribution in [-0.4, -0.2) is 31.0 Å². The number of nitrogens with two attached hydrogens (primary N) is 1. The maximum absolute atomic E-state index is 11.9. The molecule has 0 spiro atoms. The first kappa shape index (κ1) is 13.4. The van der Waals surface area contributed by atoms with Crippen LogP contribution < -0.4 is 16.6 Å². The number of nitro benzene ring substituents is 1. The van der Waals surface area contributed by atoms with Crippen molar-refractivity contribution in [3.05, 3.63) is 33.9 Å². The van der Waals surface area contributed by atoms with Crippen LogP contribution >= 0.6 is 0 Å². The number of nitrogens with one attached hydrogen (secondary N) is 2. The van der Waals surface area contributed by atoms with Crippen molar-refractivity contribution in [1.82, 2.24) is 20.2 Å². The minimum atomic E-state index is -0.610. The molecule has 1 amide bonds. The summed E-state index contributed by atoms with van der Waals surface area (Å²) in [6, 6.07) is 3.72. The van der Waals surface area contributed by atoms with Crippen molar-refractivity contribution in [2.24, 2.45) is 12.9 Å². The Morgan fingerprint density at radius 1 is 1.50 bits per heavy atom. The van der Waals surface area contributed by atoms with Gasteiger partial charge in [-0.05, 0) is 17.3 Å². The number of nitro groups is 1. The van der Waals surface area contributed by atoms with Crippen LogP contribution in [0.3, 0.4) is 0 Å². The number of hydrazine groups is 1. The van der Waals surface area contributed by atoms with E-state index in [0.29, 0.717) is 0 Å². The summed E-state index contributed by atoms with van der Waals surface area (Å²) < 4.78 is 0. The van der Waals surface area contributed by atoms with Gasteiger partial charge in [0.1, 0.15) is 5.69 Å². The summed E-state index contributed by atoms with van der Waals surface area (Å²) >= 11 is 0. The number of benzene rings is 1. The molecule has 1 heterocycles. The van der Waals surface area contributed by atoms with E-state index in [1.807, 2.05) is 0 Å². The van der Waals surface area contributed by atoms with E-state index in [0.717, 1.165) is 0 Å². The van der Waals surface area contributed by atoms with Gasteiger partial charge >= 0.3 is 0 Å². The van der Waals surface area contributed by atoms with Gasteiger partial charge in [-0.15, -0.1) is 5.10 Å². The van der Waals surface area contributed by atoms with E-state index in [4.69, 9.17) is 5.84 Å². The molecular formula is C9H10N8O3. The molecule has 2 aromatic rings. The summed E-state index contributed by atoms with van der Waals surface area (Å²) in [6.07, 6.45) is 0. The number of nitrogen functional groups attached to an aromatic ring is 1. The summed E-state index contributed by atoms with van der Waals surface area (Å²) in [4.78, 5) is 23.2. The van der Waals surface area contributed by atoms with Crippen molar-refractivity contribution < 1.29 is 9.72 Å². The van der Waals surface area contributed by atoms with Gasteiger partial charge in [0.25, 0.3) is 17.5 Å². The first-order valence-corrected chi connectivity index (χ1v) is 5.31. The minimum absolute atomic E-state index is 0.0229. The number of aryl methyl sites for hydroxylation is 1. The number of aromatic nitrogens is 4. The number of tetrazole rings is 1. The number of hydrogen-bond donors (Lipinski definition) is 3. The van der Waals surface area contributed by atoms with Crippen molar-refractivity contribution in [1.29, 1.82) is 0 Å². The molecular weight excluding hydrogens is 268 g/mol. The van der Waals surface area contributed by atoms with E-state index < -0.39 is 10.8 Å². The fourth-order valence-corrected chi connectivity index (χ4v) is 1.46. The summed E-state index contributed by atoms with van der Waals surface area (Å²) in [5, 5.41) is 24.1. The number of hydrogen-bond acceptors (Lipinski definition) is 8. The third kappa shape index (κ3) is 2.67. The average Bonchev–Trinajstić information content (AvgIpc) is 2.83. The van der Waals surface area contributed by atoms with Crippen LogP contribution in [0.15, 0.2) is 18.2 Å². The Morgan fingerprint density at radius 3 is 2.80 bits per heavy atom. The van der Waals surface area contributed by atoms with Crippen LogP contribution in [0.25, 0.3) is 0 Å². The summed E-state index contributed by atoms with van der Waals surface area (Å²) in [5.74, 6) is 4.68.